The van der Waals surface area contributed by atoms with Crippen molar-refractivity contribution in [3.05, 3.63) is 36.0 Å². The van der Waals surface area contributed by atoms with E-state index in [0.29, 0.717) is 18.5 Å². The van der Waals surface area contributed by atoms with Crippen LogP contribution in [0, 0.1) is 0 Å². The van der Waals surface area contributed by atoms with Crippen molar-refractivity contribution >= 4 is 46.5 Å². The van der Waals surface area contributed by atoms with Crippen molar-refractivity contribution in [2.24, 2.45) is 0 Å². The lowest BCUT2D eigenvalue weighted by Gasteiger charge is -2.25. The largest absolute Gasteiger partial charge is 0.481 e. The zero-order chi connectivity index (χ0) is 28.5. The Labute approximate surface area is 222 Å². The van der Waals surface area contributed by atoms with E-state index in [0.717, 1.165) is 17.3 Å². The number of carbonyl (C=O) groups is 6. The minimum Gasteiger partial charge on any atom is -0.481 e. The normalized spacial score (nSPS) is 17.1. The minimum absolute atomic E-state index is 0.106. The Kier molecular flexibility index (Phi) is 9.98. The topological polar surface area (TPSA) is 227 Å². The van der Waals surface area contributed by atoms with E-state index in [1.54, 1.807) is 30.5 Å². The van der Waals surface area contributed by atoms with Crippen LogP contribution in [0.3, 0.4) is 0 Å². The highest BCUT2D eigenvalue weighted by molar-refractivity contribution is 5.95. The summed E-state index contributed by atoms with van der Waals surface area (Å²) in [6.07, 6.45) is 1.25. The lowest BCUT2D eigenvalue weighted by molar-refractivity contribution is -0.147. The Balaban J connectivity index is 1.84. The summed E-state index contributed by atoms with van der Waals surface area (Å²) >= 11 is 0. The van der Waals surface area contributed by atoms with E-state index in [4.69, 9.17) is 10.2 Å². The molecule has 8 N–H and O–H groups in total. The Hall–Kier alpha value is -4.46. The molecule has 0 aliphatic carbocycles. The lowest BCUT2D eigenvalue weighted by atomic mass is 10.0. The van der Waals surface area contributed by atoms with E-state index in [9.17, 15) is 33.9 Å². The van der Waals surface area contributed by atoms with E-state index in [1.165, 1.54) is 0 Å². The first-order chi connectivity index (χ1) is 18.5. The van der Waals surface area contributed by atoms with Crippen molar-refractivity contribution in [2.75, 3.05) is 6.54 Å². The van der Waals surface area contributed by atoms with E-state index in [1.807, 2.05) is 0 Å². The number of rotatable bonds is 14. The third-order valence-corrected chi connectivity index (χ3v) is 6.38. The first-order valence-corrected chi connectivity index (χ1v) is 12.4. The summed E-state index contributed by atoms with van der Waals surface area (Å²) in [5.74, 6) is -6.48. The summed E-state index contributed by atoms with van der Waals surface area (Å²) < 4.78 is 0. The molecule has 210 valence electrons. The van der Waals surface area contributed by atoms with Crippen molar-refractivity contribution in [3.63, 3.8) is 0 Å². The van der Waals surface area contributed by atoms with Crippen LogP contribution in [0.1, 0.15) is 37.7 Å². The summed E-state index contributed by atoms with van der Waals surface area (Å²) in [4.78, 5) is 75.9. The minimum atomic E-state index is -1.76. The number of para-hydroxylation sites is 1. The highest BCUT2D eigenvalue weighted by Crippen LogP contribution is 2.19. The highest BCUT2D eigenvalue weighted by atomic mass is 16.4. The maximum atomic E-state index is 13.3. The molecule has 1 aromatic carbocycles. The number of H-pyrrole nitrogens is 1. The number of hydrogen-bond donors (Lipinski definition) is 8. The van der Waals surface area contributed by atoms with Gasteiger partial charge in [-0.3, -0.25) is 24.0 Å². The fourth-order valence-corrected chi connectivity index (χ4v) is 4.37. The third-order valence-electron chi connectivity index (χ3n) is 6.38. The van der Waals surface area contributed by atoms with E-state index >= 15 is 0 Å². The molecule has 0 saturated carbocycles. The number of aromatic amines is 1. The van der Waals surface area contributed by atoms with Crippen molar-refractivity contribution in [2.45, 2.75) is 62.7 Å². The predicted octanol–water partition coefficient (Wildman–Crippen LogP) is -0.659. The number of carboxylic acids is 3. The molecule has 0 radical (unpaired) electrons. The van der Waals surface area contributed by atoms with Crippen LogP contribution in [0.5, 0.6) is 0 Å². The number of aromatic nitrogens is 1. The Morgan fingerprint density at radius 3 is 2.23 bits per heavy atom. The lowest BCUT2D eigenvalue weighted by Crippen LogP contribution is -2.57. The molecule has 1 fully saturated rings. The van der Waals surface area contributed by atoms with Gasteiger partial charge in [0.1, 0.15) is 18.1 Å². The van der Waals surface area contributed by atoms with Gasteiger partial charge in [0.05, 0.1) is 12.5 Å². The van der Waals surface area contributed by atoms with Crippen LogP contribution in [-0.2, 0) is 35.2 Å². The quantitative estimate of drug-likeness (QED) is 0.149. The van der Waals surface area contributed by atoms with Crippen LogP contribution in [0.2, 0.25) is 0 Å². The number of hydrogen-bond acceptors (Lipinski definition) is 7. The SMILES string of the molecule is O=C(O)CCC(NC(=O)C1CCCN1)C(=O)NC(Cc1c[nH]c2ccccc12)C(=O)NC(CC(=O)O)C(=O)O. The summed E-state index contributed by atoms with van der Waals surface area (Å²) in [6, 6.07) is 2.20. The van der Waals surface area contributed by atoms with Crippen molar-refractivity contribution in [3.8, 4) is 0 Å². The average Bonchev–Trinajstić information content (AvgIpc) is 3.56. The number of fused-ring (bicyclic) bond motifs is 1. The molecule has 1 aliphatic rings. The van der Waals surface area contributed by atoms with Crippen LogP contribution in [0.4, 0.5) is 0 Å². The second-order valence-electron chi connectivity index (χ2n) is 9.26. The molecule has 1 aliphatic heterocycles. The van der Waals surface area contributed by atoms with Gasteiger partial charge in [-0.15, -0.1) is 0 Å². The second-order valence-corrected chi connectivity index (χ2v) is 9.26. The molecule has 1 aromatic heterocycles. The molecular formula is C25H31N5O9. The molecule has 3 amide bonds. The third kappa shape index (κ3) is 8.26. The zero-order valence-corrected chi connectivity index (χ0v) is 20.9. The molecule has 0 bridgehead atoms. The van der Waals surface area contributed by atoms with Crippen molar-refractivity contribution < 1.29 is 44.1 Å². The monoisotopic (exact) mass is 545 g/mol. The van der Waals surface area contributed by atoms with E-state index in [2.05, 4.69) is 26.3 Å². The number of carboxylic acid groups (broad SMARTS) is 3. The van der Waals surface area contributed by atoms with Crippen LogP contribution in [0.25, 0.3) is 10.9 Å². The summed E-state index contributed by atoms with van der Waals surface area (Å²) in [6.45, 7) is 0.623. The first kappa shape index (κ1) is 29.1. The highest BCUT2D eigenvalue weighted by Gasteiger charge is 2.32. The Morgan fingerprint density at radius 1 is 0.897 bits per heavy atom. The predicted molar refractivity (Wildman–Crippen MR) is 136 cm³/mol. The van der Waals surface area contributed by atoms with Crippen molar-refractivity contribution in [1.82, 2.24) is 26.3 Å². The first-order valence-electron chi connectivity index (χ1n) is 12.4. The fraction of sp³-hybridized carbons (Fsp3) is 0.440. The molecule has 3 rings (SSSR count). The maximum absolute atomic E-state index is 13.3. The van der Waals surface area contributed by atoms with E-state index < -0.39 is 72.6 Å². The molecule has 4 atom stereocenters. The summed E-state index contributed by atoms with van der Waals surface area (Å²) in [7, 11) is 0. The van der Waals surface area contributed by atoms with Crippen LogP contribution < -0.4 is 21.3 Å². The summed E-state index contributed by atoms with van der Waals surface area (Å²) in [5, 5.41) is 38.5. The van der Waals surface area contributed by atoms with Crippen LogP contribution in [0.15, 0.2) is 30.5 Å². The van der Waals surface area contributed by atoms with Gasteiger partial charge in [-0.2, -0.15) is 0 Å². The molecule has 1 saturated heterocycles. The molecule has 0 spiro atoms. The number of aliphatic carboxylic acids is 3. The number of benzene rings is 1. The molecule has 2 aromatic rings. The number of nitrogens with one attached hydrogen (secondary N) is 5. The van der Waals surface area contributed by atoms with Gasteiger partial charge in [0, 0.05) is 29.9 Å². The zero-order valence-electron chi connectivity index (χ0n) is 20.9. The van der Waals surface area contributed by atoms with Gasteiger partial charge in [0.25, 0.3) is 0 Å². The molecule has 2 heterocycles. The van der Waals surface area contributed by atoms with Gasteiger partial charge < -0.3 is 41.6 Å². The molecule has 14 nitrogen and oxygen atoms in total. The summed E-state index contributed by atoms with van der Waals surface area (Å²) in [5.41, 5.74) is 1.36. The molecular weight excluding hydrogens is 514 g/mol. The molecule has 4 unspecified atom stereocenters. The van der Waals surface area contributed by atoms with Gasteiger partial charge in [-0.25, -0.2) is 4.79 Å². The van der Waals surface area contributed by atoms with Gasteiger partial charge >= 0.3 is 17.9 Å². The van der Waals surface area contributed by atoms with E-state index in [-0.39, 0.29) is 12.8 Å². The van der Waals surface area contributed by atoms with Gasteiger partial charge in [0.15, 0.2) is 0 Å². The smallest absolute Gasteiger partial charge is 0.326 e. The van der Waals surface area contributed by atoms with Gasteiger partial charge in [0.2, 0.25) is 17.7 Å². The van der Waals surface area contributed by atoms with Crippen molar-refractivity contribution in [1.29, 1.82) is 0 Å². The number of amides is 3. The second kappa shape index (κ2) is 13.4. The standard InChI is InChI=1S/C25H31N5O9/c31-20(32)8-7-17(28-22(35)16-6-3-9-26-16)23(36)29-18(24(37)30-19(25(38)39)11-21(33)34)10-13-12-27-15-5-2-1-4-14(13)15/h1-2,4-5,12,16-19,26-27H,3,6-11H2,(H,28,35)(H,29,36)(H,30,37)(H,31,32)(H,33,34)(H,38,39). The maximum Gasteiger partial charge on any atom is 0.326 e. The van der Waals surface area contributed by atoms with Gasteiger partial charge in [-0.05, 0) is 37.4 Å². The fourth-order valence-electron chi connectivity index (χ4n) is 4.37. The van der Waals surface area contributed by atoms with Crippen LogP contribution in [-0.4, -0.2) is 86.6 Å². The molecule has 39 heavy (non-hydrogen) atoms. The Morgan fingerprint density at radius 2 is 1.59 bits per heavy atom. The van der Waals surface area contributed by atoms with Crippen LogP contribution >= 0.6 is 0 Å². The molecule has 14 heteroatoms. The average molecular weight is 546 g/mol. The van der Waals surface area contributed by atoms with Gasteiger partial charge in [-0.1, -0.05) is 18.2 Å². The number of carbonyl (C=O) groups excluding carboxylic acids is 3. The Bertz CT molecular complexity index is 1240.